The maximum atomic E-state index is 14.2. The molecule has 2 aromatic rings. The summed E-state index contributed by atoms with van der Waals surface area (Å²) in [6, 6.07) is 15.4. The first-order chi connectivity index (χ1) is 21.5. The van der Waals surface area contributed by atoms with Crippen LogP contribution < -0.4 is 9.62 Å². The number of amides is 2. The second-order valence-corrected chi connectivity index (χ2v) is 16.7. The van der Waals surface area contributed by atoms with Gasteiger partial charge in [0, 0.05) is 12.6 Å². The zero-order chi connectivity index (χ0) is 31.8. The van der Waals surface area contributed by atoms with Crippen molar-refractivity contribution in [3.8, 4) is 0 Å². The quantitative estimate of drug-likeness (QED) is 0.307. The Hall–Kier alpha value is -2.87. The Morgan fingerprint density at radius 2 is 1.56 bits per heavy atom. The summed E-state index contributed by atoms with van der Waals surface area (Å²) in [5, 5.41) is 3.21. The zero-order valence-electron chi connectivity index (χ0n) is 27.3. The minimum atomic E-state index is -3.77. The average Bonchev–Trinajstić information content (AvgIpc) is 2.99. The van der Waals surface area contributed by atoms with Crippen molar-refractivity contribution in [2.45, 2.75) is 115 Å². The molecule has 1 atom stereocenters. The molecule has 0 saturated heterocycles. The summed E-state index contributed by atoms with van der Waals surface area (Å²) in [7, 11) is -3.77. The van der Waals surface area contributed by atoms with Crippen LogP contribution in [-0.2, 0) is 31.6 Å². The monoisotopic (exact) mass is 633 g/mol. The Morgan fingerprint density at radius 1 is 0.933 bits per heavy atom. The molecule has 1 N–H and O–H groups in total. The molecule has 7 rings (SSSR count). The van der Waals surface area contributed by atoms with Crippen molar-refractivity contribution < 1.29 is 18.0 Å². The molecule has 244 valence electrons. The highest BCUT2D eigenvalue weighted by atomic mass is 32.2. The van der Waals surface area contributed by atoms with Crippen molar-refractivity contribution in [1.82, 2.24) is 10.2 Å². The molecule has 0 aliphatic heterocycles. The minimum absolute atomic E-state index is 0.122. The van der Waals surface area contributed by atoms with Gasteiger partial charge in [0.25, 0.3) is 0 Å². The van der Waals surface area contributed by atoms with Crippen LogP contribution in [0, 0.1) is 24.7 Å². The Morgan fingerprint density at radius 3 is 2.11 bits per heavy atom. The Labute approximate surface area is 270 Å². The number of carbonyl (C=O) groups excluding carboxylic acids is 2. The third-order valence-corrected chi connectivity index (χ3v) is 12.4. The van der Waals surface area contributed by atoms with Gasteiger partial charge in [-0.25, -0.2) is 8.42 Å². The lowest BCUT2D eigenvalue weighted by Gasteiger charge is -2.57. The predicted molar refractivity (Wildman–Crippen MR) is 179 cm³/mol. The van der Waals surface area contributed by atoms with Crippen LogP contribution in [0.2, 0.25) is 0 Å². The molecule has 5 fully saturated rings. The summed E-state index contributed by atoms with van der Waals surface area (Å²) in [6.45, 7) is 3.80. The van der Waals surface area contributed by atoms with Gasteiger partial charge in [0.2, 0.25) is 21.8 Å². The first-order valence-electron chi connectivity index (χ1n) is 17.3. The van der Waals surface area contributed by atoms with Crippen LogP contribution in [0.1, 0.15) is 101 Å². The molecule has 0 spiro atoms. The number of anilines is 1. The van der Waals surface area contributed by atoms with E-state index in [4.69, 9.17) is 0 Å². The average molecular weight is 634 g/mol. The molecule has 8 heteroatoms. The van der Waals surface area contributed by atoms with Gasteiger partial charge in [-0.2, -0.15) is 0 Å². The first-order valence-corrected chi connectivity index (χ1v) is 19.1. The fraction of sp³-hybridized carbons (Fsp3) is 0.622. The van der Waals surface area contributed by atoms with Crippen molar-refractivity contribution in [1.29, 1.82) is 0 Å². The Balaban J connectivity index is 1.24. The van der Waals surface area contributed by atoms with Gasteiger partial charge in [-0.3, -0.25) is 13.9 Å². The molecule has 0 unspecified atom stereocenters. The molecule has 0 heterocycles. The van der Waals surface area contributed by atoms with Crippen LogP contribution in [0.4, 0.5) is 5.69 Å². The summed E-state index contributed by atoms with van der Waals surface area (Å²) in [4.78, 5) is 29.4. The lowest BCUT2D eigenvalue weighted by molar-refractivity contribution is -0.140. The fourth-order valence-corrected chi connectivity index (χ4v) is 10.4. The molecule has 5 saturated carbocycles. The number of carbonyl (C=O) groups is 2. The lowest BCUT2D eigenvalue weighted by Crippen LogP contribution is -2.54. The highest BCUT2D eigenvalue weighted by Crippen LogP contribution is 2.60. The molecule has 0 aromatic heterocycles. The SMILES string of the molecule is CC[C@@H](C(=O)NC1CCCCC1)N(Cc1cccc(C)c1)C(=O)CN(c1ccc(C23CC4CC(CC(C4)C2)C3)cc1)S(C)(=O)=O. The van der Waals surface area contributed by atoms with Gasteiger partial charge >= 0.3 is 0 Å². The third-order valence-electron chi connectivity index (χ3n) is 11.3. The largest absolute Gasteiger partial charge is 0.352 e. The van der Waals surface area contributed by atoms with E-state index >= 15 is 0 Å². The third kappa shape index (κ3) is 7.11. The molecular weight excluding hydrogens is 582 g/mol. The summed E-state index contributed by atoms with van der Waals surface area (Å²) in [5.74, 6) is 1.93. The number of hydrogen-bond donors (Lipinski definition) is 1. The highest BCUT2D eigenvalue weighted by Gasteiger charge is 2.51. The van der Waals surface area contributed by atoms with Gasteiger partial charge in [0.1, 0.15) is 12.6 Å². The molecule has 4 bridgehead atoms. The van der Waals surface area contributed by atoms with Crippen LogP contribution in [0.3, 0.4) is 0 Å². The van der Waals surface area contributed by atoms with Crippen molar-refractivity contribution in [2.75, 3.05) is 17.1 Å². The number of sulfonamides is 1. The van der Waals surface area contributed by atoms with Crippen LogP contribution in [0.5, 0.6) is 0 Å². The Bertz CT molecular complexity index is 1450. The summed E-state index contributed by atoms with van der Waals surface area (Å²) >= 11 is 0. The van der Waals surface area contributed by atoms with E-state index in [9.17, 15) is 18.0 Å². The second kappa shape index (κ2) is 13.1. The van der Waals surface area contributed by atoms with E-state index in [0.717, 1.165) is 60.8 Å². The van der Waals surface area contributed by atoms with Gasteiger partial charge in [0.05, 0.1) is 11.9 Å². The highest BCUT2D eigenvalue weighted by molar-refractivity contribution is 7.92. The van der Waals surface area contributed by atoms with Gasteiger partial charge in [-0.1, -0.05) is 68.1 Å². The van der Waals surface area contributed by atoms with Crippen molar-refractivity contribution in [3.63, 3.8) is 0 Å². The molecule has 45 heavy (non-hydrogen) atoms. The van der Waals surface area contributed by atoms with E-state index in [1.165, 1.54) is 54.8 Å². The van der Waals surface area contributed by atoms with Gasteiger partial charge in [0.15, 0.2) is 0 Å². The topological polar surface area (TPSA) is 86.8 Å². The van der Waals surface area contributed by atoms with Crippen molar-refractivity contribution >= 4 is 27.5 Å². The molecule has 5 aliphatic rings. The number of nitrogens with zero attached hydrogens (tertiary/aromatic N) is 2. The molecular formula is C37H51N3O4S. The van der Waals surface area contributed by atoms with E-state index in [-0.39, 0.29) is 36.4 Å². The standard InChI is InChI=1S/C37H51N3O4S/c1-4-34(36(42)38-32-11-6-5-7-12-32)39(24-27-10-8-9-26(2)17-27)35(41)25-40(45(3,43)44)33-15-13-31(14-16-33)37-21-28-18-29(22-37)20-30(19-28)23-37/h8-10,13-17,28-30,32,34H,4-7,11-12,18-25H2,1-3H3,(H,38,42)/t28?,29?,30?,34-,37?/m0/s1. The zero-order valence-corrected chi connectivity index (χ0v) is 28.2. The number of benzene rings is 2. The predicted octanol–water partition coefficient (Wildman–Crippen LogP) is 6.49. The number of nitrogens with one attached hydrogen (secondary N) is 1. The summed E-state index contributed by atoms with van der Waals surface area (Å²) in [5.41, 5.74) is 4.00. The first kappa shape index (κ1) is 32.1. The smallest absolute Gasteiger partial charge is 0.244 e. The molecule has 2 amide bonds. The van der Waals surface area contributed by atoms with Crippen LogP contribution in [0.15, 0.2) is 48.5 Å². The summed E-state index contributed by atoms with van der Waals surface area (Å²) < 4.78 is 27.6. The van der Waals surface area contributed by atoms with E-state index in [1.54, 1.807) is 4.90 Å². The molecule has 7 nitrogen and oxygen atoms in total. The molecule has 0 radical (unpaired) electrons. The Kier molecular flexibility index (Phi) is 9.33. The van der Waals surface area contributed by atoms with E-state index in [1.807, 2.05) is 50.2 Å². The van der Waals surface area contributed by atoms with Crippen LogP contribution in [-0.4, -0.2) is 50.0 Å². The maximum Gasteiger partial charge on any atom is 0.244 e. The van der Waals surface area contributed by atoms with Gasteiger partial charge in [-0.15, -0.1) is 0 Å². The van der Waals surface area contributed by atoms with Crippen LogP contribution in [0.25, 0.3) is 0 Å². The van der Waals surface area contributed by atoms with E-state index in [0.29, 0.717) is 12.1 Å². The van der Waals surface area contributed by atoms with Crippen LogP contribution >= 0.6 is 0 Å². The lowest BCUT2D eigenvalue weighted by atomic mass is 9.48. The van der Waals surface area contributed by atoms with Crippen molar-refractivity contribution in [3.05, 3.63) is 65.2 Å². The normalized spacial score (nSPS) is 26.8. The minimum Gasteiger partial charge on any atom is -0.352 e. The summed E-state index contributed by atoms with van der Waals surface area (Å²) in [6.07, 6.45) is 14.7. The number of rotatable bonds is 11. The molecule has 2 aromatic carbocycles. The van der Waals surface area contributed by atoms with Gasteiger partial charge < -0.3 is 10.2 Å². The molecule has 5 aliphatic carbocycles. The van der Waals surface area contributed by atoms with Crippen molar-refractivity contribution in [2.24, 2.45) is 17.8 Å². The number of aryl methyl sites for hydroxylation is 1. The maximum absolute atomic E-state index is 14.2. The fourth-order valence-electron chi connectivity index (χ4n) is 9.53. The second-order valence-electron chi connectivity index (χ2n) is 14.8. The number of hydrogen-bond acceptors (Lipinski definition) is 4. The van der Waals surface area contributed by atoms with E-state index < -0.39 is 16.1 Å². The van der Waals surface area contributed by atoms with E-state index in [2.05, 4.69) is 17.4 Å². The van der Waals surface area contributed by atoms with Gasteiger partial charge in [-0.05, 0) is 111 Å².